The molecule has 1 aromatic carbocycles. The fraction of sp³-hybridized carbons (Fsp3) is 0.364. The minimum absolute atomic E-state index is 0.0585. The highest BCUT2D eigenvalue weighted by Crippen LogP contribution is 2.22. The average Bonchev–Trinajstić information content (AvgIpc) is 2.24. The lowest BCUT2D eigenvalue weighted by Gasteiger charge is -2.35. The van der Waals surface area contributed by atoms with Gasteiger partial charge in [-0.15, -0.1) is 0 Å². The molecule has 1 fully saturated rings. The standard InChI is InChI=1S/C11H14N2O4S/c1-8-2-4-9(5-3-8)18(15,16)17-13-7-6-10(13)11(12)14/h2-5,10H,6-7H2,1H3,(H2,12,14)/t10-/m0/s1. The molecule has 1 saturated heterocycles. The van der Waals surface area contributed by atoms with Crippen LogP contribution in [0.25, 0.3) is 0 Å². The molecular weight excluding hydrogens is 256 g/mol. The molecule has 0 radical (unpaired) electrons. The Hall–Kier alpha value is -1.44. The highest BCUT2D eigenvalue weighted by Gasteiger charge is 2.37. The average molecular weight is 270 g/mol. The molecule has 0 aliphatic carbocycles. The molecular formula is C11H14N2O4S. The van der Waals surface area contributed by atoms with Crippen LogP contribution < -0.4 is 5.73 Å². The summed E-state index contributed by atoms with van der Waals surface area (Å²) in [4.78, 5) is 11.0. The predicted octanol–water partition coefficient (Wildman–Crippen LogP) is 0.175. The molecule has 0 saturated carbocycles. The van der Waals surface area contributed by atoms with Gasteiger partial charge >= 0.3 is 10.1 Å². The number of carbonyl (C=O) groups is 1. The lowest BCUT2D eigenvalue weighted by molar-refractivity contribution is -0.165. The van der Waals surface area contributed by atoms with Crippen molar-refractivity contribution in [2.75, 3.05) is 6.54 Å². The van der Waals surface area contributed by atoms with Gasteiger partial charge in [0.15, 0.2) is 0 Å². The summed E-state index contributed by atoms with van der Waals surface area (Å²) in [6.07, 6.45) is 0.513. The minimum atomic E-state index is -3.89. The molecule has 1 aliphatic rings. The molecule has 2 N–H and O–H groups in total. The Morgan fingerprint density at radius 1 is 1.39 bits per heavy atom. The van der Waals surface area contributed by atoms with E-state index >= 15 is 0 Å². The minimum Gasteiger partial charge on any atom is -0.368 e. The van der Waals surface area contributed by atoms with E-state index < -0.39 is 22.1 Å². The van der Waals surface area contributed by atoms with E-state index in [0.717, 1.165) is 10.6 Å². The maximum absolute atomic E-state index is 11.9. The van der Waals surface area contributed by atoms with Gasteiger partial charge in [0, 0.05) is 6.54 Å². The number of nitrogens with zero attached hydrogens (tertiary/aromatic N) is 1. The van der Waals surface area contributed by atoms with Crippen molar-refractivity contribution in [3.8, 4) is 0 Å². The number of hydrogen-bond acceptors (Lipinski definition) is 5. The summed E-state index contributed by atoms with van der Waals surface area (Å²) in [7, 11) is -3.89. The van der Waals surface area contributed by atoms with Gasteiger partial charge in [0.1, 0.15) is 6.04 Å². The number of primary amides is 1. The summed E-state index contributed by atoms with van der Waals surface area (Å²) >= 11 is 0. The van der Waals surface area contributed by atoms with Crippen molar-refractivity contribution < 1.29 is 17.5 Å². The molecule has 1 aromatic rings. The highest BCUT2D eigenvalue weighted by atomic mass is 32.2. The summed E-state index contributed by atoms with van der Waals surface area (Å²) < 4.78 is 28.7. The molecule has 1 aliphatic heterocycles. The highest BCUT2D eigenvalue weighted by molar-refractivity contribution is 7.86. The van der Waals surface area contributed by atoms with Crippen molar-refractivity contribution in [2.24, 2.45) is 5.73 Å². The molecule has 0 bridgehead atoms. The summed E-state index contributed by atoms with van der Waals surface area (Å²) in [6, 6.07) is 5.62. The first-order chi connectivity index (χ1) is 8.40. The monoisotopic (exact) mass is 270 g/mol. The fourth-order valence-electron chi connectivity index (χ4n) is 1.61. The number of hydrogen-bond donors (Lipinski definition) is 1. The molecule has 0 spiro atoms. The van der Waals surface area contributed by atoms with Crippen LogP contribution in [-0.2, 0) is 19.2 Å². The molecule has 0 aromatic heterocycles. The first kappa shape index (κ1) is 13.0. The SMILES string of the molecule is Cc1ccc(S(=O)(=O)ON2CC[C@H]2C(N)=O)cc1. The zero-order valence-electron chi connectivity index (χ0n) is 9.87. The van der Waals surface area contributed by atoms with Crippen LogP contribution in [0.5, 0.6) is 0 Å². The number of benzene rings is 1. The van der Waals surface area contributed by atoms with Crippen molar-refractivity contribution in [3.63, 3.8) is 0 Å². The second-order valence-electron chi connectivity index (χ2n) is 4.19. The summed E-state index contributed by atoms with van der Waals surface area (Å²) in [5.41, 5.74) is 6.06. The lowest BCUT2D eigenvalue weighted by atomic mass is 10.1. The topological polar surface area (TPSA) is 89.7 Å². The number of nitrogens with two attached hydrogens (primary N) is 1. The van der Waals surface area contributed by atoms with Gasteiger partial charge in [0.25, 0.3) is 0 Å². The van der Waals surface area contributed by atoms with E-state index in [1.54, 1.807) is 12.1 Å². The van der Waals surface area contributed by atoms with Crippen LogP contribution in [0.4, 0.5) is 0 Å². The second-order valence-corrected chi connectivity index (χ2v) is 5.72. The Bertz CT molecular complexity index is 553. The molecule has 18 heavy (non-hydrogen) atoms. The van der Waals surface area contributed by atoms with Crippen molar-refractivity contribution in [3.05, 3.63) is 29.8 Å². The summed E-state index contributed by atoms with van der Waals surface area (Å²) in [5, 5.41) is 1.09. The zero-order valence-corrected chi connectivity index (χ0v) is 10.7. The zero-order chi connectivity index (χ0) is 13.3. The third kappa shape index (κ3) is 2.53. The van der Waals surface area contributed by atoms with Gasteiger partial charge < -0.3 is 5.73 Å². The summed E-state index contributed by atoms with van der Waals surface area (Å²) in [6.45, 7) is 2.23. The molecule has 6 nitrogen and oxygen atoms in total. The van der Waals surface area contributed by atoms with E-state index in [-0.39, 0.29) is 4.90 Å². The normalized spacial score (nSPS) is 20.4. The van der Waals surface area contributed by atoms with Gasteiger partial charge in [0.05, 0.1) is 4.90 Å². The Labute approximate surface area is 105 Å². The Morgan fingerprint density at radius 3 is 2.44 bits per heavy atom. The first-order valence-corrected chi connectivity index (χ1v) is 6.88. The van der Waals surface area contributed by atoms with E-state index in [2.05, 4.69) is 0 Å². The maximum Gasteiger partial charge on any atom is 0.313 e. The largest absolute Gasteiger partial charge is 0.368 e. The first-order valence-electron chi connectivity index (χ1n) is 5.47. The second kappa shape index (κ2) is 4.68. The lowest BCUT2D eigenvalue weighted by Crippen LogP contribution is -2.55. The Balaban J connectivity index is 2.13. The smallest absolute Gasteiger partial charge is 0.313 e. The van der Waals surface area contributed by atoms with Gasteiger partial charge in [-0.2, -0.15) is 17.8 Å². The van der Waals surface area contributed by atoms with Gasteiger partial charge in [-0.1, -0.05) is 17.7 Å². The fourth-order valence-corrected chi connectivity index (χ4v) is 2.60. The predicted molar refractivity (Wildman–Crippen MR) is 63.8 cm³/mol. The number of carbonyl (C=O) groups excluding carboxylic acids is 1. The van der Waals surface area contributed by atoms with Crippen molar-refractivity contribution in [1.82, 2.24) is 5.06 Å². The molecule has 0 unspecified atom stereocenters. The van der Waals surface area contributed by atoms with Crippen molar-refractivity contribution >= 4 is 16.0 Å². The molecule has 98 valence electrons. The molecule has 2 rings (SSSR count). The van der Waals surface area contributed by atoms with E-state index in [9.17, 15) is 13.2 Å². The van der Waals surface area contributed by atoms with Crippen molar-refractivity contribution in [1.29, 1.82) is 0 Å². The number of amides is 1. The van der Waals surface area contributed by atoms with E-state index in [4.69, 9.17) is 10.0 Å². The van der Waals surface area contributed by atoms with E-state index in [1.807, 2.05) is 6.92 Å². The van der Waals surface area contributed by atoms with Gasteiger partial charge in [-0.3, -0.25) is 4.79 Å². The Kier molecular flexibility index (Phi) is 3.38. The number of aryl methyl sites for hydroxylation is 1. The molecule has 1 heterocycles. The van der Waals surface area contributed by atoms with E-state index in [0.29, 0.717) is 13.0 Å². The van der Waals surface area contributed by atoms with Crippen molar-refractivity contribution in [2.45, 2.75) is 24.3 Å². The van der Waals surface area contributed by atoms with Gasteiger partial charge in [-0.25, -0.2) is 0 Å². The third-order valence-electron chi connectivity index (χ3n) is 2.80. The van der Waals surface area contributed by atoms with Crippen LogP contribution in [0, 0.1) is 6.92 Å². The quantitative estimate of drug-likeness (QED) is 0.842. The Morgan fingerprint density at radius 2 is 2.00 bits per heavy atom. The number of rotatable bonds is 4. The molecule has 1 amide bonds. The van der Waals surface area contributed by atoms with Gasteiger partial charge in [0.2, 0.25) is 5.91 Å². The van der Waals surface area contributed by atoms with Crippen LogP contribution in [0.15, 0.2) is 29.2 Å². The maximum atomic E-state index is 11.9. The van der Waals surface area contributed by atoms with Crippen LogP contribution in [0.1, 0.15) is 12.0 Å². The van der Waals surface area contributed by atoms with Crippen LogP contribution >= 0.6 is 0 Å². The molecule has 1 atom stereocenters. The van der Waals surface area contributed by atoms with Crippen LogP contribution in [0.3, 0.4) is 0 Å². The number of hydroxylamine groups is 2. The van der Waals surface area contributed by atoms with Crippen LogP contribution in [-0.4, -0.2) is 32.0 Å². The third-order valence-corrected chi connectivity index (χ3v) is 4.04. The summed E-state index contributed by atoms with van der Waals surface area (Å²) in [5.74, 6) is -0.583. The molecule has 7 heteroatoms. The van der Waals surface area contributed by atoms with E-state index in [1.165, 1.54) is 12.1 Å². The van der Waals surface area contributed by atoms with Crippen LogP contribution in [0.2, 0.25) is 0 Å². The van der Waals surface area contributed by atoms with Gasteiger partial charge in [-0.05, 0) is 25.5 Å².